The van der Waals surface area contributed by atoms with Crippen LogP contribution in [0.1, 0.15) is 12.8 Å². The second-order valence-electron chi connectivity index (χ2n) is 2.48. The molecular weight excluding hydrogens is 132 g/mol. The molecule has 52 valence electrons. The number of urea groups is 1. The number of rotatable bonds is 1. The predicted octanol–water partition coefficient (Wildman–Crippen LogP) is 0.182. The Kier molecular flexibility index (Phi) is 0.922. The molecule has 0 aromatic carbocycles. The van der Waals surface area contributed by atoms with Crippen LogP contribution in [-0.2, 0) is 4.79 Å². The third kappa shape index (κ3) is 0.650. The van der Waals surface area contributed by atoms with Gasteiger partial charge in [-0.3, -0.25) is 9.69 Å². The molecule has 2 rings (SSSR count). The number of carbonyl (C=O) groups is 2. The van der Waals surface area contributed by atoms with E-state index in [1.54, 1.807) is 0 Å². The molecule has 0 aromatic heterocycles. The summed E-state index contributed by atoms with van der Waals surface area (Å²) in [6.45, 7) is 0. The highest BCUT2D eigenvalue weighted by molar-refractivity contribution is 6.35. The van der Waals surface area contributed by atoms with Gasteiger partial charge < -0.3 is 0 Å². The van der Waals surface area contributed by atoms with E-state index in [9.17, 15) is 9.59 Å². The summed E-state index contributed by atoms with van der Waals surface area (Å²) >= 11 is 0. The highest BCUT2D eigenvalue weighted by atomic mass is 16.2. The summed E-state index contributed by atoms with van der Waals surface area (Å²) < 4.78 is 0. The molecule has 0 atom stereocenters. The van der Waals surface area contributed by atoms with Crippen molar-refractivity contribution >= 4 is 18.2 Å². The zero-order valence-electron chi connectivity index (χ0n) is 5.28. The van der Waals surface area contributed by atoms with Crippen LogP contribution in [0, 0.1) is 0 Å². The number of amides is 3. The number of hydrogen-bond donors (Lipinski definition) is 0. The van der Waals surface area contributed by atoms with Crippen molar-refractivity contribution in [1.29, 1.82) is 0 Å². The summed E-state index contributed by atoms with van der Waals surface area (Å²) in [7, 11) is 0. The van der Waals surface area contributed by atoms with E-state index in [1.165, 1.54) is 4.90 Å². The number of nitrogens with zero attached hydrogens (tertiary/aromatic N) is 2. The second-order valence-corrected chi connectivity index (χ2v) is 2.48. The highest BCUT2D eigenvalue weighted by Gasteiger charge is 2.38. The average Bonchev–Trinajstić information content (AvgIpc) is 2.64. The summed E-state index contributed by atoms with van der Waals surface area (Å²) in [5, 5.41) is 0. The standard InChI is InChI=1S/C6H6N2O2/c9-5-3-7-6(10)8(5)4-1-2-4/h3-4H,1-2H2. The van der Waals surface area contributed by atoms with Crippen LogP contribution in [-0.4, -0.2) is 29.1 Å². The van der Waals surface area contributed by atoms with Gasteiger partial charge in [0.05, 0.1) is 6.21 Å². The van der Waals surface area contributed by atoms with Crippen LogP contribution in [0.4, 0.5) is 4.79 Å². The van der Waals surface area contributed by atoms with E-state index in [4.69, 9.17) is 0 Å². The lowest BCUT2D eigenvalue weighted by molar-refractivity contribution is -0.120. The van der Waals surface area contributed by atoms with Crippen LogP contribution in [0.15, 0.2) is 4.99 Å². The van der Waals surface area contributed by atoms with Gasteiger partial charge in [-0.1, -0.05) is 0 Å². The van der Waals surface area contributed by atoms with Crippen LogP contribution in [0.3, 0.4) is 0 Å². The minimum Gasteiger partial charge on any atom is -0.267 e. The fourth-order valence-corrected chi connectivity index (χ4v) is 0.998. The Bertz CT molecular complexity index is 212. The Morgan fingerprint density at radius 1 is 1.50 bits per heavy atom. The second kappa shape index (κ2) is 1.65. The molecule has 10 heavy (non-hydrogen) atoms. The Hall–Kier alpha value is -1.19. The van der Waals surface area contributed by atoms with Crippen molar-refractivity contribution in [3.63, 3.8) is 0 Å². The molecule has 1 saturated carbocycles. The lowest BCUT2D eigenvalue weighted by Crippen LogP contribution is -2.31. The molecule has 1 fully saturated rings. The molecule has 0 spiro atoms. The first-order chi connectivity index (χ1) is 4.79. The highest BCUT2D eigenvalue weighted by Crippen LogP contribution is 2.28. The number of hydrogen-bond acceptors (Lipinski definition) is 2. The number of carbonyl (C=O) groups excluding carboxylic acids is 2. The third-order valence-corrected chi connectivity index (χ3v) is 1.64. The Morgan fingerprint density at radius 2 is 2.20 bits per heavy atom. The molecule has 3 amide bonds. The Morgan fingerprint density at radius 3 is 2.60 bits per heavy atom. The molecule has 0 N–H and O–H groups in total. The normalized spacial score (nSPS) is 24.6. The monoisotopic (exact) mass is 138 g/mol. The van der Waals surface area contributed by atoms with Crippen molar-refractivity contribution in [2.45, 2.75) is 18.9 Å². The summed E-state index contributed by atoms with van der Waals surface area (Å²) in [6, 6.07) is -0.241. The van der Waals surface area contributed by atoms with E-state index in [-0.39, 0.29) is 11.9 Å². The van der Waals surface area contributed by atoms with E-state index in [1.807, 2.05) is 0 Å². The molecule has 0 bridgehead atoms. The fourth-order valence-electron chi connectivity index (χ4n) is 0.998. The lowest BCUT2D eigenvalue weighted by atomic mass is 10.5. The van der Waals surface area contributed by atoms with Crippen LogP contribution < -0.4 is 0 Å². The molecule has 4 nitrogen and oxygen atoms in total. The zero-order valence-corrected chi connectivity index (χ0v) is 5.28. The molecule has 0 radical (unpaired) electrons. The van der Waals surface area contributed by atoms with Gasteiger partial charge in [-0.25, -0.2) is 4.79 Å². The van der Waals surface area contributed by atoms with Crippen LogP contribution in [0.5, 0.6) is 0 Å². The maximum atomic E-state index is 10.8. The van der Waals surface area contributed by atoms with Gasteiger partial charge in [0, 0.05) is 6.04 Å². The van der Waals surface area contributed by atoms with Gasteiger partial charge in [0.25, 0.3) is 5.91 Å². The summed E-state index contributed by atoms with van der Waals surface area (Å²) in [6.07, 6.45) is 2.97. The summed E-state index contributed by atoms with van der Waals surface area (Å²) in [5.74, 6) is -0.257. The van der Waals surface area contributed by atoms with Crippen LogP contribution in [0.25, 0.3) is 0 Å². The van der Waals surface area contributed by atoms with Gasteiger partial charge in [0.15, 0.2) is 0 Å². The first-order valence-corrected chi connectivity index (χ1v) is 3.20. The van der Waals surface area contributed by atoms with Gasteiger partial charge in [-0.05, 0) is 12.8 Å². The van der Waals surface area contributed by atoms with Gasteiger partial charge in [0.2, 0.25) is 0 Å². The third-order valence-electron chi connectivity index (χ3n) is 1.64. The van der Waals surface area contributed by atoms with E-state index >= 15 is 0 Å². The van der Waals surface area contributed by atoms with Crippen molar-refractivity contribution in [1.82, 2.24) is 4.90 Å². The van der Waals surface area contributed by atoms with E-state index in [0.29, 0.717) is 0 Å². The lowest BCUT2D eigenvalue weighted by Gasteiger charge is -2.08. The molecule has 2 aliphatic rings. The van der Waals surface area contributed by atoms with Crippen molar-refractivity contribution < 1.29 is 9.59 Å². The SMILES string of the molecule is O=C1C=NC(=O)N1C1CC1. The number of aliphatic imine (C=N–C) groups is 1. The Balaban J connectivity index is 2.20. The topological polar surface area (TPSA) is 49.7 Å². The van der Waals surface area contributed by atoms with E-state index < -0.39 is 6.03 Å². The maximum absolute atomic E-state index is 10.8. The minimum atomic E-state index is -0.396. The maximum Gasteiger partial charge on any atom is 0.350 e. The van der Waals surface area contributed by atoms with E-state index in [2.05, 4.69) is 4.99 Å². The molecule has 0 aromatic rings. The first-order valence-electron chi connectivity index (χ1n) is 3.20. The first kappa shape index (κ1) is 5.58. The fraction of sp³-hybridized carbons (Fsp3) is 0.500. The molecular formula is C6H6N2O2. The average molecular weight is 138 g/mol. The molecule has 4 heteroatoms. The van der Waals surface area contributed by atoms with Crippen molar-refractivity contribution in [3.05, 3.63) is 0 Å². The summed E-state index contributed by atoms with van der Waals surface area (Å²) in [5.41, 5.74) is 0. The molecule has 1 heterocycles. The van der Waals surface area contributed by atoms with Crippen LogP contribution in [0.2, 0.25) is 0 Å². The van der Waals surface area contributed by atoms with E-state index in [0.717, 1.165) is 19.1 Å². The molecule has 0 unspecified atom stereocenters. The predicted molar refractivity (Wildman–Crippen MR) is 33.8 cm³/mol. The summed E-state index contributed by atoms with van der Waals surface area (Å²) in [4.78, 5) is 26.2. The van der Waals surface area contributed by atoms with Gasteiger partial charge in [-0.2, -0.15) is 4.99 Å². The smallest absolute Gasteiger partial charge is 0.267 e. The van der Waals surface area contributed by atoms with Gasteiger partial charge in [-0.15, -0.1) is 0 Å². The zero-order chi connectivity index (χ0) is 7.14. The van der Waals surface area contributed by atoms with Gasteiger partial charge >= 0.3 is 6.03 Å². The van der Waals surface area contributed by atoms with Crippen molar-refractivity contribution in [2.24, 2.45) is 4.99 Å². The van der Waals surface area contributed by atoms with Crippen LogP contribution >= 0.6 is 0 Å². The molecule has 0 saturated heterocycles. The van der Waals surface area contributed by atoms with Gasteiger partial charge in [0.1, 0.15) is 0 Å². The van der Waals surface area contributed by atoms with Crippen molar-refractivity contribution in [2.75, 3.05) is 0 Å². The largest absolute Gasteiger partial charge is 0.350 e. The Labute approximate surface area is 57.5 Å². The minimum absolute atomic E-state index is 0.155. The number of imide groups is 1. The molecule has 1 aliphatic heterocycles. The quantitative estimate of drug-likeness (QED) is 0.519. The molecule has 1 aliphatic carbocycles. The van der Waals surface area contributed by atoms with Crippen molar-refractivity contribution in [3.8, 4) is 0 Å².